The van der Waals surface area contributed by atoms with Gasteiger partial charge in [0.1, 0.15) is 10.4 Å². The number of aromatic nitrogens is 3. The van der Waals surface area contributed by atoms with Gasteiger partial charge in [-0.25, -0.2) is 4.79 Å². The molecule has 3 aromatic rings. The van der Waals surface area contributed by atoms with Crippen LogP contribution in [-0.4, -0.2) is 21.0 Å². The summed E-state index contributed by atoms with van der Waals surface area (Å²) in [7, 11) is 0. The van der Waals surface area contributed by atoms with Crippen LogP contribution in [0.1, 0.15) is 33.5 Å². The van der Waals surface area contributed by atoms with Crippen LogP contribution in [0.5, 0.6) is 0 Å². The maximum Gasteiger partial charge on any atom is 0.350 e. The van der Waals surface area contributed by atoms with Crippen LogP contribution in [0, 0.1) is 5.92 Å². The van der Waals surface area contributed by atoms with Crippen LogP contribution in [0.4, 0.5) is 0 Å². The number of carbonyl (C=O) groups is 1. The van der Waals surface area contributed by atoms with Gasteiger partial charge in [0, 0.05) is 4.88 Å². The minimum Gasteiger partial charge on any atom is -0.438 e. The summed E-state index contributed by atoms with van der Waals surface area (Å²) in [5.41, 5.74) is 1.45. The van der Waals surface area contributed by atoms with Crippen LogP contribution in [0.15, 0.2) is 35.1 Å². The topological polar surface area (TPSA) is 74.1 Å². The summed E-state index contributed by atoms with van der Waals surface area (Å²) in [6.45, 7) is 1.98. The second-order valence-electron chi connectivity index (χ2n) is 6.38. The zero-order chi connectivity index (χ0) is 17.4. The molecule has 0 aliphatic heterocycles. The second kappa shape index (κ2) is 6.40. The standard InChI is InChI=1S/C18H17N3O3S/c1-11-6-7-15-12(8-11)9-16(25-15)18(23)24-10-21-17(22)13-4-2-3-5-14(13)19-20-21/h2-5,9,11H,6-8,10H2,1H3/t11-/m0/s1. The molecule has 7 heteroatoms. The van der Waals surface area contributed by atoms with Gasteiger partial charge in [-0.05, 0) is 48.9 Å². The van der Waals surface area contributed by atoms with E-state index in [9.17, 15) is 9.59 Å². The number of ether oxygens (including phenoxy) is 1. The Morgan fingerprint density at radius 3 is 3.12 bits per heavy atom. The lowest BCUT2D eigenvalue weighted by Crippen LogP contribution is -2.26. The lowest BCUT2D eigenvalue weighted by molar-refractivity contribution is 0.0342. The Bertz CT molecular complexity index is 1010. The summed E-state index contributed by atoms with van der Waals surface area (Å²) in [5, 5.41) is 8.26. The van der Waals surface area contributed by atoms with Crippen molar-refractivity contribution in [2.75, 3.05) is 0 Å². The fourth-order valence-corrected chi connectivity index (χ4v) is 4.21. The predicted octanol–water partition coefficient (Wildman–Crippen LogP) is 2.79. The van der Waals surface area contributed by atoms with Crippen molar-refractivity contribution in [2.24, 2.45) is 5.92 Å². The Balaban J connectivity index is 1.51. The maximum absolute atomic E-state index is 12.3. The Morgan fingerprint density at radius 2 is 2.24 bits per heavy atom. The van der Waals surface area contributed by atoms with Gasteiger partial charge in [-0.3, -0.25) is 4.79 Å². The first kappa shape index (κ1) is 16.0. The van der Waals surface area contributed by atoms with Crippen LogP contribution in [-0.2, 0) is 24.3 Å². The molecule has 0 saturated heterocycles. The highest BCUT2D eigenvalue weighted by Crippen LogP contribution is 2.32. The number of carbonyl (C=O) groups excluding carboxylic acids is 1. The van der Waals surface area contributed by atoms with E-state index >= 15 is 0 Å². The molecule has 6 nitrogen and oxygen atoms in total. The smallest absolute Gasteiger partial charge is 0.350 e. The number of rotatable bonds is 3. The van der Waals surface area contributed by atoms with Gasteiger partial charge >= 0.3 is 5.97 Å². The molecule has 0 saturated carbocycles. The fraction of sp³-hybridized carbons (Fsp3) is 0.333. The molecule has 0 N–H and O–H groups in total. The van der Waals surface area contributed by atoms with Gasteiger partial charge in [-0.2, -0.15) is 4.68 Å². The first-order valence-electron chi connectivity index (χ1n) is 8.23. The van der Waals surface area contributed by atoms with Crippen molar-refractivity contribution < 1.29 is 9.53 Å². The van der Waals surface area contributed by atoms with E-state index in [2.05, 4.69) is 17.2 Å². The Kier molecular flexibility index (Phi) is 4.09. The second-order valence-corrected chi connectivity index (χ2v) is 7.52. The van der Waals surface area contributed by atoms with Gasteiger partial charge in [0.2, 0.25) is 0 Å². The van der Waals surface area contributed by atoms with E-state index in [-0.39, 0.29) is 12.3 Å². The van der Waals surface area contributed by atoms with Crippen molar-refractivity contribution in [3.8, 4) is 0 Å². The van der Waals surface area contributed by atoms with Crippen molar-refractivity contribution in [1.82, 2.24) is 15.0 Å². The van der Waals surface area contributed by atoms with Gasteiger partial charge in [0.05, 0.1) is 5.39 Å². The van der Waals surface area contributed by atoms with Crippen molar-refractivity contribution in [3.63, 3.8) is 0 Å². The van der Waals surface area contributed by atoms with Crippen molar-refractivity contribution >= 4 is 28.2 Å². The summed E-state index contributed by atoms with van der Waals surface area (Å²) in [5.74, 6) is 0.228. The Labute approximate surface area is 148 Å². The predicted molar refractivity (Wildman–Crippen MR) is 94.7 cm³/mol. The van der Waals surface area contributed by atoms with Crippen LogP contribution in [0.3, 0.4) is 0 Å². The molecule has 1 aromatic carbocycles. The van der Waals surface area contributed by atoms with E-state index in [0.717, 1.165) is 23.9 Å². The molecule has 1 aliphatic rings. The SMILES string of the molecule is C[C@H]1CCc2sc(C(=O)OCn3nnc4ccccc4c3=O)cc2C1. The monoisotopic (exact) mass is 355 g/mol. The number of benzene rings is 1. The minimum atomic E-state index is -0.422. The highest BCUT2D eigenvalue weighted by Gasteiger charge is 2.21. The third kappa shape index (κ3) is 3.07. The molecule has 2 heterocycles. The molecule has 0 fully saturated rings. The largest absolute Gasteiger partial charge is 0.438 e. The first-order chi connectivity index (χ1) is 12.1. The van der Waals surface area contributed by atoms with E-state index in [1.807, 2.05) is 6.07 Å². The highest BCUT2D eigenvalue weighted by molar-refractivity contribution is 7.14. The van der Waals surface area contributed by atoms with E-state index in [0.29, 0.717) is 21.7 Å². The molecule has 1 atom stereocenters. The molecule has 0 radical (unpaired) electrons. The van der Waals surface area contributed by atoms with Crippen LogP contribution in [0.2, 0.25) is 0 Å². The van der Waals surface area contributed by atoms with E-state index in [1.54, 1.807) is 24.3 Å². The lowest BCUT2D eigenvalue weighted by atomic mass is 9.90. The van der Waals surface area contributed by atoms with Crippen molar-refractivity contribution in [1.29, 1.82) is 0 Å². The van der Waals surface area contributed by atoms with E-state index in [4.69, 9.17) is 4.74 Å². The number of hydrogen-bond donors (Lipinski definition) is 0. The molecule has 4 rings (SSSR count). The quantitative estimate of drug-likeness (QED) is 0.676. The summed E-state index contributed by atoms with van der Waals surface area (Å²) >= 11 is 1.49. The number of nitrogens with zero attached hydrogens (tertiary/aromatic N) is 3. The van der Waals surface area contributed by atoms with E-state index < -0.39 is 5.97 Å². The van der Waals surface area contributed by atoms with Crippen LogP contribution >= 0.6 is 11.3 Å². The zero-order valence-corrected chi connectivity index (χ0v) is 14.6. The van der Waals surface area contributed by atoms with Gasteiger partial charge in [0.25, 0.3) is 5.56 Å². The minimum absolute atomic E-state index is 0.242. The molecule has 25 heavy (non-hydrogen) atoms. The zero-order valence-electron chi connectivity index (χ0n) is 13.8. The molecule has 0 spiro atoms. The molecule has 0 amide bonds. The molecular formula is C18H17N3O3S. The molecule has 0 bridgehead atoms. The Morgan fingerprint density at radius 1 is 1.40 bits per heavy atom. The Hall–Kier alpha value is -2.54. The number of fused-ring (bicyclic) bond motifs is 2. The molecular weight excluding hydrogens is 338 g/mol. The number of thiophene rings is 1. The number of hydrogen-bond acceptors (Lipinski definition) is 6. The highest BCUT2D eigenvalue weighted by atomic mass is 32.1. The average Bonchev–Trinajstić information content (AvgIpc) is 3.04. The van der Waals surface area contributed by atoms with Crippen LogP contribution < -0.4 is 5.56 Å². The fourth-order valence-electron chi connectivity index (χ4n) is 3.11. The molecule has 2 aromatic heterocycles. The lowest BCUT2D eigenvalue weighted by Gasteiger charge is -2.16. The normalized spacial score (nSPS) is 16.6. The first-order valence-corrected chi connectivity index (χ1v) is 9.04. The molecule has 1 aliphatic carbocycles. The van der Waals surface area contributed by atoms with Gasteiger partial charge in [-0.1, -0.05) is 24.3 Å². The molecule has 0 unspecified atom stereocenters. The summed E-state index contributed by atoms with van der Waals surface area (Å²) in [4.78, 5) is 26.5. The third-order valence-electron chi connectivity index (χ3n) is 4.48. The number of esters is 1. The van der Waals surface area contributed by atoms with Crippen LogP contribution in [0.25, 0.3) is 10.9 Å². The van der Waals surface area contributed by atoms with Crippen molar-refractivity contribution in [3.05, 3.63) is 56.0 Å². The molecule has 128 valence electrons. The van der Waals surface area contributed by atoms with Gasteiger partial charge in [0.15, 0.2) is 6.73 Å². The average molecular weight is 355 g/mol. The van der Waals surface area contributed by atoms with Crippen molar-refractivity contribution in [2.45, 2.75) is 32.9 Å². The summed E-state index contributed by atoms with van der Waals surface area (Å²) < 4.78 is 6.35. The summed E-state index contributed by atoms with van der Waals surface area (Å²) in [6, 6.07) is 8.88. The maximum atomic E-state index is 12.3. The number of aryl methyl sites for hydroxylation is 1. The van der Waals surface area contributed by atoms with Gasteiger partial charge < -0.3 is 4.74 Å². The van der Waals surface area contributed by atoms with E-state index in [1.165, 1.54) is 21.8 Å². The summed E-state index contributed by atoms with van der Waals surface area (Å²) in [6.07, 6.45) is 3.18. The third-order valence-corrected chi connectivity index (χ3v) is 5.69. The van der Waals surface area contributed by atoms with Gasteiger partial charge in [-0.15, -0.1) is 16.4 Å².